The van der Waals surface area contributed by atoms with Crippen LogP contribution in [0.1, 0.15) is 41.0 Å². The van der Waals surface area contributed by atoms with Crippen LogP contribution in [0.25, 0.3) is 0 Å². The molecule has 0 fully saturated rings. The molecular weight excluding hydrogens is 430 g/mol. The van der Waals surface area contributed by atoms with E-state index in [1.807, 2.05) is 0 Å². The lowest BCUT2D eigenvalue weighted by molar-refractivity contribution is 0.0954. The minimum Gasteiger partial charge on any atom is -0.386 e. The molecule has 1 aliphatic rings. The van der Waals surface area contributed by atoms with Crippen LogP contribution in [0.4, 0.5) is 0 Å². The number of aliphatic imine (C=N–C) groups is 1. The molecule has 0 aliphatic carbocycles. The van der Waals surface area contributed by atoms with Crippen molar-refractivity contribution in [3.63, 3.8) is 0 Å². The van der Waals surface area contributed by atoms with Crippen LogP contribution in [-0.4, -0.2) is 39.4 Å². The van der Waals surface area contributed by atoms with Crippen molar-refractivity contribution in [1.29, 1.82) is 0 Å². The smallest absolute Gasteiger partial charge is 0.261 e. The Morgan fingerprint density at radius 3 is 2.70 bits per heavy atom. The average Bonchev–Trinajstić information content (AvgIpc) is 3.20. The van der Waals surface area contributed by atoms with Gasteiger partial charge in [0.1, 0.15) is 16.1 Å². The Morgan fingerprint density at radius 1 is 1.41 bits per heavy atom. The standard InChI is InChI=1S/C15H18ClN5O3S3/c1-14(2)13(17)20-15(3,7-27(14,23)24)11-9(16)4-10(25-11)12(22)18-5-8-6-19-26-21-8/h4,6H,5,7H2,1-3H3,(H2,17,20)(H,18,22)/t15-/m0/s1. The molecule has 3 N–H and O–H groups in total. The van der Waals surface area contributed by atoms with Crippen LogP contribution >= 0.6 is 34.7 Å². The van der Waals surface area contributed by atoms with E-state index in [1.165, 1.54) is 19.9 Å². The van der Waals surface area contributed by atoms with E-state index in [1.54, 1.807) is 13.1 Å². The van der Waals surface area contributed by atoms with E-state index in [2.05, 4.69) is 19.1 Å². The number of aromatic nitrogens is 2. The normalized spacial score (nSPS) is 23.6. The maximum absolute atomic E-state index is 12.7. The summed E-state index contributed by atoms with van der Waals surface area (Å²) in [6.45, 7) is 4.96. The van der Waals surface area contributed by atoms with Gasteiger partial charge in [-0.1, -0.05) is 11.6 Å². The van der Waals surface area contributed by atoms with Crippen molar-refractivity contribution < 1.29 is 13.2 Å². The maximum atomic E-state index is 12.7. The third kappa shape index (κ3) is 3.60. The summed E-state index contributed by atoms with van der Waals surface area (Å²) in [5, 5.41) is 3.02. The average molecular weight is 448 g/mol. The topological polar surface area (TPSA) is 127 Å². The first-order valence-electron chi connectivity index (χ1n) is 7.89. The number of halogens is 1. The third-order valence-electron chi connectivity index (χ3n) is 4.47. The van der Waals surface area contributed by atoms with Gasteiger partial charge in [0, 0.05) is 0 Å². The van der Waals surface area contributed by atoms with Gasteiger partial charge in [0.05, 0.1) is 50.7 Å². The first-order valence-corrected chi connectivity index (χ1v) is 11.5. The molecule has 8 nitrogen and oxygen atoms in total. The predicted molar refractivity (Wildman–Crippen MR) is 107 cm³/mol. The summed E-state index contributed by atoms with van der Waals surface area (Å²) in [5.41, 5.74) is 5.47. The molecule has 0 saturated carbocycles. The number of carbonyl (C=O) groups is 1. The van der Waals surface area contributed by atoms with Gasteiger partial charge in [0.2, 0.25) is 0 Å². The molecule has 0 unspecified atom stereocenters. The van der Waals surface area contributed by atoms with Gasteiger partial charge in [-0.25, -0.2) is 8.42 Å². The van der Waals surface area contributed by atoms with Crippen LogP contribution in [0.3, 0.4) is 0 Å². The number of sulfone groups is 1. The van der Waals surface area contributed by atoms with Crippen molar-refractivity contribution in [2.24, 2.45) is 10.7 Å². The number of hydrogen-bond donors (Lipinski definition) is 2. The summed E-state index contributed by atoms with van der Waals surface area (Å²) < 4.78 is 32.1. The highest BCUT2D eigenvalue weighted by atomic mass is 35.5. The Labute approximate surface area is 170 Å². The zero-order chi connectivity index (χ0) is 20.0. The first kappa shape index (κ1) is 20.2. The second kappa shape index (κ2) is 6.80. The largest absolute Gasteiger partial charge is 0.386 e. The lowest BCUT2D eigenvalue weighted by Gasteiger charge is -2.37. The lowest BCUT2D eigenvalue weighted by atomic mass is 10.0. The number of amides is 1. The molecule has 1 amide bonds. The Hall–Kier alpha value is -1.56. The molecule has 0 radical (unpaired) electrons. The van der Waals surface area contributed by atoms with E-state index in [-0.39, 0.29) is 29.1 Å². The van der Waals surface area contributed by atoms with E-state index < -0.39 is 20.1 Å². The number of nitrogens with two attached hydrogens (primary N) is 1. The van der Waals surface area contributed by atoms with Crippen molar-refractivity contribution >= 4 is 56.2 Å². The Balaban J connectivity index is 1.90. The molecule has 1 atom stereocenters. The number of rotatable bonds is 4. The fourth-order valence-corrected chi connectivity index (χ4v) is 6.37. The van der Waals surface area contributed by atoms with Crippen LogP contribution in [0.5, 0.6) is 0 Å². The van der Waals surface area contributed by atoms with Crippen molar-refractivity contribution in [1.82, 2.24) is 14.1 Å². The zero-order valence-corrected chi connectivity index (χ0v) is 18.0. The quantitative estimate of drug-likeness (QED) is 0.737. The summed E-state index contributed by atoms with van der Waals surface area (Å²) in [7, 11) is -3.56. The molecule has 146 valence electrons. The molecule has 2 aromatic rings. The number of thiophene rings is 1. The fourth-order valence-electron chi connectivity index (χ4n) is 2.63. The van der Waals surface area contributed by atoms with Crippen LogP contribution in [0, 0.1) is 0 Å². The van der Waals surface area contributed by atoms with Gasteiger partial charge in [-0.15, -0.1) is 11.3 Å². The summed E-state index contributed by atoms with van der Waals surface area (Å²) in [6, 6.07) is 1.51. The molecule has 3 heterocycles. The molecular formula is C15H18ClN5O3S3. The Bertz CT molecular complexity index is 1010. The highest BCUT2D eigenvalue weighted by molar-refractivity contribution is 7.93. The minimum absolute atomic E-state index is 0.0303. The van der Waals surface area contributed by atoms with Gasteiger partial charge in [-0.2, -0.15) is 8.75 Å². The van der Waals surface area contributed by atoms with Crippen molar-refractivity contribution in [3.8, 4) is 0 Å². The molecule has 0 spiro atoms. The lowest BCUT2D eigenvalue weighted by Crippen LogP contribution is -2.54. The zero-order valence-electron chi connectivity index (χ0n) is 14.8. The van der Waals surface area contributed by atoms with Gasteiger partial charge in [-0.3, -0.25) is 9.79 Å². The Kier molecular flexibility index (Phi) is 5.08. The van der Waals surface area contributed by atoms with Crippen LogP contribution < -0.4 is 11.1 Å². The van der Waals surface area contributed by atoms with E-state index in [9.17, 15) is 13.2 Å². The second-order valence-corrected chi connectivity index (χ2v) is 11.5. The van der Waals surface area contributed by atoms with Gasteiger partial charge in [-0.05, 0) is 26.8 Å². The number of nitrogens with zero attached hydrogens (tertiary/aromatic N) is 3. The molecule has 1 aliphatic heterocycles. The summed E-state index contributed by atoms with van der Waals surface area (Å²) in [6.07, 6.45) is 1.57. The first-order chi connectivity index (χ1) is 12.5. The van der Waals surface area contributed by atoms with Crippen molar-refractivity contribution in [2.75, 3.05) is 5.75 Å². The van der Waals surface area contributed by atoms with Gasteiger partial charge < -0.3 is 11.1 Å². The Morgan fingerprint density at radius 2 is 2.11 bits per heavy atom. The fraction of sp³-hybridized carbons (Fsp3) is 0.467. The van der Waals surface area contributed by atoms with Crippen molar-refractivity contribution in [2.45, 2.75) is 37.6 Å². The predicted octanol–water partition coefficient (Wildman–Crippen LogP) is 1.96. The van der Waals surface area contributed by atoms with Crippen LogP contribution in [-0.2, 0) is 21.9 Å². The van der Waals surface area contributed by atoms with E-state index in [0.29, 0.717) is 15.4 Å². The van der Waals surface area contributed by atoms with E-state index >= 15 is 0 Å². The van der Waals surface area contributed by atoms with Crippen LogP contribution in [0.15, 0.2) is 17.3 Å². The number of carbonyl (C=O) groups excluding carboxylic acids is 1. The van der Waals surface area contributed by atoms with E-state index in [4.69, 9.17) is 17.3 Å². The molecule has 27 heavy (non-hydrogen) atoms. The summed E-state index contributed by atoms with van der Waals surface area (Å²) >= 11 is 8.50. The molecule has 0 bridgehead atoms. The monoisotopic (exact) mass is 447 g/mol. The molecule has 3 rings (SSSR count). The second-order valence-electron chi connectivity index (χ2n) is 6.91. The van der Waals surface area contributed by atoms with Crippen LogP contribution in [0.2, 0.25) is 5.02 Å². The molecule has 0 saturated heterocycles. The van der Waals surface area contributed by atoms with Gasteiger partial charge in [0.15, 0.2) is 9.84 Å². The number of amidine groups is 1. The van der Waals surface area contributed by atoms with Gasteiger partial charge in [0.25, 0.3) is 5.91 Å². The van der Waals surface area contributed by atoms with Gasteiger partial charge >= 0.3 is 0 Å². The van der Waals surface area contributed by atoms with E-state index in [0.717, 1.165) is 23.1 Å². The third-order valence-corrected chi connectivity index (χ3v) is 9.49. The maximum Gasteiger partial charge on any atom is 0.261 e. The molecule has 12 heteroatoms. The minimum atomic E-state index is -3.56. The number of nitrogens with one attached hydrogen (secondary N) is 1. The summed E-state index contributed by atoms with van der Waals surface area (Å²) in [4.78, 5) is 17.7. The molecule has 2 aromatic heterocycles. The highest BCUT2D eigenvalue weighted by Gasteiger charge is 2.49. The summed E-state index contributed by atoms with van der Waals surface area (Å²) in [5.74, 6) is -0.539. The highest BCUT2D eigenvalue weighted by Crippen LogP contribution is 2.43. The number of hydrogen-bond acceptors (Lipinski definition) is 9. The SMILES string of the molecule is CC1(C)C(N)=N[C@](C)(c2sc(C(=O)NCc3cnsn3)cc2Cl)CS1(=O)=O. The van der Waals surface area contributed by atoms with Crippen molar-refractivity contribution in [3.05, 3.63) is 32.7 Å². The molecule has 0 aromatic carbocycles.